The van der Waals surface area contributed by atoms with Gasteiger partial charge in [0.15, 0.2) is 0 Å². The van der Waals surface area contributed by atoms with E-state index in [9.17, 15) is 9.59 Å². The molecule has 3 N–H and O–H groups in total. The van der Waals surface area contributed by atoms with Gasteiger partial charge in [0.25, 0.3) is 0 Å². The third kappa shape index (κ3) is 2.77. The van der Waals surface area contributed by atoms with Gasteiger partial charge >= 0.3 is 12.0 Å². The van der Waals surface area contributed by atoms with Gasteiger partial charge in [-0.2, -0.15) is 0 Å². The second-order valence-electron chi connectivity index (χ2n) is 5.11. The minimum atomic E-state index is -1.07. The quantitative estimate of drug-likeness (QED) is 0.760. The number of pyridine rings is 1. The molecule has 1 atom stereocenters. The number of nitrogens with zero attached hydrogens (tertiary/aromatic N) is 1. The van der Waals surface area contributed by atoms with Crippen LogP contribution < -0.4 is 10.6 Å². The molecule has 1 aromatic rings. The van der Waals surface area contributed by atoms with Crippen molar-refractivity contribution in [2.75, 3.05) is 5.32 Å². The Bertz CT molecular complexity index is 499. The number of anilines is 1. The first-order valence-corrected chi connectivity index (χ1v) is 5.64. The van der Waals surface area contributed by atoms with Gasteiger partial charge in [-0.1, -0.05) is 13.8 Å². The number of carbonyl (C=O) groups is 2. The van der Waals surface area contributed by atoms with Gasteiger partial charge in [-0.15, -0.1) is 0 Å². The van der Waals surface area contributed by atoms with E-state index in [1.165, 1.54) is 18.5 Å². The number of aromatic carboxylic acids is 1. The fourth-order valence-electron chi connectivity index (χ4n) is 1.66. The lowest BCUT2D eigenvalue weighted by Gasteiger charge is -2.08. The van der Waals surface area contributed by atoms with Crippen LogP contribution in [0.1, 0.15) is 30.6 Å². The molecule has 0 aliphatic heterocycles. The molecule has 0 bridgehead atoms. The molecule has 18 heavy (non-hydrogen) atoms. The molecule has 1 heterocycles. The van der Waals surface area contributed by atoms with E-state index < -0.39 is 5.97 Å². The van der Waals surface area contributed by atoms with Crippen molar-refractivity contribution < 1.29 is 14.7 Å². The molecule has 6 heteroatoms. The van der Waals surface area contributed by atoms with Gasteiger partial charge in [0.2, 0.25) is 0 Å². The number of urea groups is 1. The molecule has 1 aromatic heterocycles. The molecular formula is C12H15N3O3. The zero-order valence-corrected chi connectivity index (χ0v) is 10.2. The topological polar surface area (TPSA) is 91.3 Å². The summed E-state index contributed by atoms with van der Waals surface area (Å²) in [6, 6.07) is 1.20. The number of amides is 2. The predicted molar refractivity (Wildman–Crippen MR) is 65.5 cm³/mol. The van der Waals surface area contributed by atoms with Crippen LogP contribution in [0.2, 0.25) is 0 Å². The van der Waals surface area contributed by atoms with Crippen LogP contribution in [0.25, 0.3) is 0 Å². The molecule has 6 nitrogen and oxygen atoms in total. The molecule has 0 radical (unpaired) electrons. The second-order valence-corrected chi connectivity index (χ2v) is 5.11. The van der Waals surface area contributed by atoms with Crippen molar-refractivity contribution in [3.05, 3.63) is 24.0 Å². The maximum Gasteiger partial charge on any atom is 0.337 e. The lowest BCUT2D eigenvalue weighted by molar-refractivity contribution is 0.0696. The van der Waals surface area contributed by atoms with E-state index in [4.69, 9.17) is 5.11 Å². The van der Waals surface area contributed by atoms with Gasteiger partial charge in [-0.05, 0) is 17.9 Å². The number of hydrogen-bond donors (Lipinski definition) is 3. The average Bonchev–Trinajstić information content (AvgIpc) is 2.85. The number of rotatable bonds is 3. The molecule has 1 saturated carbocycles. The summed E-state index contributed by atoms with van der Waals surface area (Å²) in [5, 5.41) is 14.2. The van der Waals surface area contributed by atoms with Gasteiger partial charge in [0.1, 0.15) is 0 Å². The molecule has 1 aliphatic carbocycles. The fourth-order valence-corrected chi connectivity index (χ4v) is 1.66. The van der Waals surface area contributed by atoms with E-state index in [1.807, 2.05) is 0 Å². The Labute approximate surface area is 104 Å². The summed E-state index contributed by atoms with van der Waals surface area (Å²) in [7, 11) is 0. The maximum absolute atomic E-state index is 11.6. The van der Waals surface area contributed by atoms with Crippen molar-refractivity contribution in [1.82, 2.24) is 10.3 Å². The van der Waals surface area contributed by atoms with Crippen molar-refractivity contribution in [1.29, 1.82) is 0 Å². The minimum absolute atomic E-state index is 0.0413. The van der Waals surface area contributed by atoms with Gasteiger partial charge in [0, 0.05) is 12.2 Å². The Kier molecular flexibility index (Phi) is 2.94. The molecule has 1 aliphatic rings. The van der Waals surface area contributed by atoms with Crippen molar-refractivity contribution in [3.63, 3.8) is 0 Å². The van der Waals surface area contributed by atoms with Crippen LogP contribution in [0.5, 0.6) is 0 Å². The summed E-state index contributed by atoms with van der Waals surface area (Å²) in [6.07, 6.45) is 3.59. The van der Waals surface area contributed by atoms with Crippen LogP contribution in [-0.2, 0) is 0 Å². The molecule has 2 rings (SSSR count). The summed E-state index contributed by atoms with van der Waals surface area (Å²) in [5.74, 6) is -1.07. The second kappa shape index (κ2) is 4.29. The van der Waals surface area contributed by atoms with E-state index >= 15 is 0 Å². The van der Waals surface area contributed by atoms with Gasteiger partial charge < -0.3 is 15.7 Å². The van der Waals surface area contributed by atoms with Gasteiger partial charge in [-0.25, -0.2) is 9.59 Å². The van der Waals surface area contributed by atoms with Crippen molar-refractivity contribution in [3.8, 4) is 0 Å². The molecule has 1 fully saturated rings. The Morgan fingerprint density at radius 1 is 1.44 bits per heavy atom. The van der Waals surface area contributed by atoms with Gasteiger partial charge in [-0.3, -0.25) is 4.98 Å². The first-order chi connectivity index (χ1) is 8.38. The minimum Gasteiger partial charge on any atom is -0.478 e. The van der Waals surface area contributed by atoms with E-state index in [-0.39, 0.29) is 23.1 Å². The highest BCUT2D eigenvalue weighted by atomic mass is 16.4. The highest BCUT2D eigenvalue weighted by Gasteiger charge is 2.46. The number of hydrogen-bond acceptors (Lipinski definition) is 3. The lowest BCUT2D eigenvalue weighted by Crippen LogP contribution is -2.32. The largest absolute Gasteiger partial charge is 0.478 e. The van der Waals surface area contributed by atoms with Crippen LogP contribution in [0.4, 0.5) is 10.5 Å². The number of carboxylic acids is 1. The van der Waals surface area contributed by atoms with Crippen molar-refractivity contribution >= 4 is 17.7 Å². The van der Waals surface area contributed by atoms with E-state index in [0.717, 1.165) is 6.42 Å². The van der Waals surface area contributed by atoms with E-state index in [2.05, 4.69) is 29.5 Å². The molecule has 0 saturated heterocycles. The average molecular weight is 249 g/mol. The molecule has 96 valence electrons. The van der Waals surface area contributed by atoms with Crippen molar-refractivity contribution in [2.24, 2.45) is 5.41 Å². The Hall–Kier alpha value is -2.11. The van der Waals surface area contributed by atoms with Crippen LogP contribution in [0.3, 0.4) is 0 Å². The Balaban J connectivity index is 1.95. The van der Waals surface area contributed by atoms with Gasteiger partial charge in [0.05, 0.1) is 17.4 Å². The number of aromatic nitrogens is 1. The molecule has 0 spiro atoms. The monoisotopic (exact) mass is 249 g/mol. The fraction of sp³-hybridized carbons (Fsp3) is 0.417. The lowest BCUT2D eigenvalue weighted by atomic mass is 10.2. The number of carbonyl (C=O) groups excluding carboxylic acids is 1. The van der Waals surface area contributed by atoms with Crippen LogP contribution in [-0.4, -0.2) is 28.1 Å². The normalized spacial score (nSPS) is 20.0. The summed E-state index contributed by atoms with van der Waals surface area (Å²) >= 11 is 0. The summed E-state index contributed by atoms with van der Waals surface area (Å²) in [5.41, 5.74) is 0.559. The first-order valence-electron chi connectivity index (χ1n) is 5.64. The van der Waals surface area contributed by atoms with Crippen LogP contribution in [0, 0.1) is 5.41 Å². The summed E-state index contributed by atoms with van der Waals surface area (Å²) < 4.78 is 0. The van der Waals surface area contributed by atoms with Crippen LogP contribution in [0.15, 0.2) is 18.5 Å². The Morgan fingerprint density at radius 2 is 2.11 bits per heavy atom. The molecule has 2 amide bonds. The third-order valence-electron chi connectivity index (χ3n) is 3.06. The van der Waals surface area contributed by atoms with E-state index in [1.54, 1.807) is 0 Å². The standard InChI is InChI=1S/C12H15N3O3/c1-12(2)4-9(12)15-11(18)14-8-3-7(10(16)17)5-13-6-8/h3,5-6,9H,4H2,1-2H3,(H,16,17)(H2,14,15,18). The van der Waals surface area contributed by atoms with E-state index in [0.29, 0.717) is 5.69 Å². The highest BCUT2D eigenvalue weighted by Crippen LogP contribution is 2.44. The SMILES string of the molecule is CC1(C)CC1NC(=O)Nc1cncc(C(=O)O)c1. The number of nitrogens with one attached hydrogen (secondary N) is 2. The smallest absolute Gasteiger partial charge is 0.337 e. The molecular weight excluding hydrogens is 234 g/mol. The molecule has 1 unspecified atom stereocenters. The maximum atomic E-state index is 11.6. The van der Waals surface area contributed by atoms with Crippen molar-refractivity contribution in [2.45, 2.75) is 26.3 Å². The summed E-state index contributed by atoms with van der Waals surface area (Å²) in [6.45, 7) is 4.15. The molecule has 0 aromatic carbocycles. The third-order valence-corrected chi connectivity index (χ3v) is 3.06. The Morgan fingerprint density at radius 3 is 2.67 bits per heavy atom. The van der Waals surface area contributed by atoms with Crippen LogP contribution >= 0.6 is 0 Å². The predicted octanol–water partition coefficient (Wildman–Crippen LogP) is 1.70. The zero-order valence-electron chi connectivity index (χ0n) is 10.2. The zero-order chi connectivity index (χ0) is 13.3. The first kappa shape index (κ1) is 12.3. The highest BCUT2D eigenvalue weighted by molar-refractivity contribution is 5.92. The number of carboxylic acid groups (broad SMARTS) is 1. The summed E-state index contributed by atoms with van der Waals surface area (Å²) in [4.78, 5) is 26.1.